The fraction of sp³-hybridized carbons (Fsp3) is 0.267. The van der Waals surface area contributed by atoms with Crippen molar-refractivity contribution < 1.29 is 9.47 Å². The third-order valence-electron chi connectivity index (χ3n) is 3.19. The highest BCUT2D eigenvalue weighted by atomic mass is 32.1. The first-order valence-corrected chi connectivity index (χ1v) is 7.98. The molecule has 6 heteroatoms. The van der Waals surface area contributed by atoms with Gasteiger partial charge in [0.2, 0.25) is 0 Å². The standard InChI is InChI=1S/C15H16N2O2S2/c1-16-15(20)17(10-12-3-2-8-21-12)11-4-5-13-14(9-11)19-7-6-18-13/h2-5,8-9H,6-7,10H2,1H3,(H,16,20). The van der Waals surface area contributed by atoms with Crippen molar-refractivity contribution in [3.05, 3.63) is 40.6 Å². The van der Waals surface area contributed by atoms with E-state index in [2.05, 4.69) is 21.7 Å². The maximum absolute atomic E-state index is 5.65. The minimum atomic E-state index is 0.581. The van der Waals surface area contributed by atoms with Gasteiger partial charge in [-0.2, -0.15) is 0 Å². The molecule has 4 nitrogen and oxygen atoms in total. The monoisotopic (exact) mass is 320 g/mol. The average Bonchev–Trinajstić information content (AvgIpc) is 3.04. The second-order valence-electron chi connectivity index (χ2n) is 4.55. The molecule has 1 aromatic carbocycles. The summed E-state index contributed by atoms with van der Waals surface area (Å²) < 4.78 is 11.2. The Hall–Kier alpha value is -1.79. The van der Waals surface area contributed by atoms with Gasteiger partial charge < -0.3 is 19.7 Å². The minimum absolute atomic E-state index is 0.581. The molecule has 2 aromatic rings. The van der Waals surface area contributed by atoms with Gasteiger partial charge in [-0.05, 0) is 35.8 Å². The quantitative estimate of drug-likeness (QED) is 0.879. The van der Waals surface area contributed by atoms with Gasteiger partial charge in [0, 0.05) is 23.7 Å². The number of hydrogen-bond donors (Lipinski definition) is 1. The van der Waals surface area contributed by atoms with Gasteiger partial charge in [0.1, 0.15) is 13.2 Å². The van der Waals surface area contributed by atoms with Crippen molar-refractivity contribution in [3.63, 3.8) is 0 Å². The van der Waals surface area contributed by atoms with Crippen LogP contribution in [-0.2, 0) is 6.54 Å². The fourth-order valence-corrected chi connectivity index (χ4v) is 3.04. The average molecular weight is 320 g/mol. The first kappa shape index (κ1) is 14.2. The highest BCUT2D eigenvalue weighted by Gasteiger charge is 2.17. The Bertz CT molecular complexity index is 629. The van der Waals surface area contributed by atoms with Crippen molar-refractivity contribution in [2.24, 2.45) is 0 Å². The van der Waals surface area contributed by atoms with Crippen LogP contribution in [0.4, 0.5) is 5.69 Å². The van der Waals surface area contributed by atoms with Gasteiger partial charge in [-0.3, -0.25) is 0 Å². The molecule has 0 unspecified atom stereocenters. The van der Waals surface area contributed by atoms with Gasteiger partial charge in [0.05, 0.1) is 6.54 Å². The van der Waals surface area contributed by atoms with E-state index in [0.717, 1.165) is 23.7 Å². The molecule has 0 saturated carbocycles. The Balaban J connectivity index is 1.90. The predicted octanol–water partition coefficient (Wildman–Crippen LogP) is 3.03. The molecule has 1 N–H and O–H groups in total. The van der Waals surface area contributed by atoms with Crippen LogP contribution in [0.3, 0.4) is 0 Å². The molecule has 110 valence electrons. The number of nitrogens with zero attached hydrogens (tertiary/aromatic N) is 1. The van der Waals surface area contributed by atoms with Gasteiger partial charge in [-0.25, -0.2) is 0 Å². The third kappa shape index (κ3) is 3.11. The Labute approximate surface area is 133 Å². The van der Waals surface area contributed by atoms with E-state index < -0.39 is 0 Å². The summed E-state index contributed by atoms with van der Waals surface area (Å²) >= 11 is 7.15. The molecule has 1 aromatic heterocycles. The molecule has 0 atom stereocenters. The molecule has 0 spiro atoms. The second kappa shape index (κ2) is 6.32. The smallest absolute Gasteiger partial charge is 0.173 e. The summed E-state index contributed by atoms with van der Waals surface area (Å²) in [5, 5.41) is 5.80. The van der Waals surface area contributed by atoms with Gasteiger partial charge >= 0.3 is 0 Å². The van der Waals surface area contributed by atoms with Gasteiger partial charge in [0.15, 0.2) is 16.6 Å². The first-order valence-electron chi connectivity index (χ1n) is 6.69. The minimum Gasteiger partial charge on any atom is -0.486 e. The van der Waals surface area contributed by atoms with Crippen molar-refractivity contribution in [2.75, 3.05) is 25.2 Å². The van der Waals surface area contributed by atoms with E-state index in [0.29, 0.717) is 18.3 Å². The van der Waals surface area contributed by atoms with Gasteiger partial charge in [0.25, 0.3) is 0 Å². The SMILES string of the molecule is CNC(=S)N(Cc1cccs1)c1ccc2c(c1)OCCO2. The lowest BCUT2D eigenvalue weighted by molar-refractivity contribution is 0.171. The zero-order valence-corrected chi connectivity index (χ0v) is 13.3. The molecule has 0 saturated heterocycles. The maximum atomic E-state index is 5.65. The Morgan fingerprint density at radius 3 is 2.81 bits per heavy atom. The largest absolute Gasteiger partial charge is 0.486 e. The maximum Gasteiger partial charge on any atom is 0.173 e. The van der Waals surface area contributed by atoms with Crippen molar-refractivity contribution in [1.82, 2.24) is 5.32 Å². The van der Waals surface area contributed by atoms with E-state index in [1.807, 2.05) is 31.3 Å². The lowest BCUT2D eigenvalue weighted by Gasteiger charge is -2.26. The molecular formula is C15H16N2O2S2. The Morgan fingerprint density at radius 2 is 2.10 bits per heavy atom. The van der Waals surface area contributed by atoms with E-state index >= 15 is 0 Å². The summed E-state index contributed by atoms with van der Waals surface area (Å²) in [7, 11) is 1.84. The van der Waals surface area contributed by atoms with Crippen LogP contribution < -0.4 is 19.7 Å². The zero-order chi connectivity index (χ0) is 14.7. The van der Waals surface area contributed by atoms with E-state index in [1.165, 1.54) is 4.88 Å². The zero-order valence-electron chi connectivity index (χ0n) is 11.7. The van der Waals surface area contributed by atoms with Crippen LogP contribution in [0, 0.1) is 0 Å². The summed E-state index contributed by atoms with van der Waals surface area (Å²) in [6.45, 7) is 1.91. The molecule has 0 bridgehead atoms. The number of rotatable bonds is 3. The van der Waals surface area contributed by atoms with Crippen LogP contribution in [0.25, 0.3) is 0 Å². The number of ether oxygens (including phenoxy) is 2. The van der Waals surface area contributed by atoms with Crippen LogP contribution >= 0.6 is 23.6 Å². The molecular weight excluding hydrogens is 304 g/mol. The van der Waals surface area contributed by atoms with Crippen LogP contribution in [0.1, 0.15) is 4.88 Å². The van der Waals surface area contributed by atoms with E-state index in [4.69, 9.17) is 21.7 Å². The van der Waals surface area contributed by atoms with Crippen molar-refractivity contribution in [1.29, 1.82) is 0 Å². The van der Waals surface area contributed by atoms with Crippen LogP contribution in [0.5, 0.6) is 11.5 Å². The number of thiophene rings is 1. The summed E-state index contributed by atoms with van der Waals surface area (Å²) in [6, 6.07) is 10.1. The molecule has 0 aliphatic carbocycles. The van der Waals surface area contributed by atoms with Crippen LogP contribution in [0.2, 0.25) is 0 Å². The topological polar surface area (TPSA) is 33.7 Å². The molecule has 0 radical (unpaired) electrons. The molecule has 0 fully saturated rings. The lowest BCUT2D eigenvalue weighted by Crippen LogP contribution is -2.37. The number of anilines is 1. The summed E-state index contributed by atoms with van der Waals surface area (Å²) in [4.78, 5) is 3.31. The molecule has 1 aliphatic heterocycles. The third-order valence-corrected chi connectivity index (χ3v) is 4.48. The molecule has 0 amide bonds. The number of nitrogens with one attached hydrogen (secondary N) is 1. The fourth-order valence-electron chi connectivity index (χ4n) is 2.17. The number of hydrogen-bond acceptors (Lipinski definition) is 4. The highest BCUT2D eigenvalue weighted by Crippen LogP contribution is 2.34. The lowest BCUT2D eigenvalue weighted by atomic mass is 10.2. The van der Waals surface area contributed by atoms with E-state index in [9.17, 15) is 0 Å². The number of thiocarbonyl (C=S) groups is 1. The predicted molar refractivity (Wildman–Crippen MR) is 89.6 cm³/mol. The normalized spacial score (nSPS) is 12.8. The second-order valence-corrected chi connectivity index (χ2v) is 5.97. The Kier molecular flexibility index (Phi) is 4.26. The number of benzene rings is 1. The highest BCUT2D eigenvalue weighted by molar-refractivity contribution is 7.80. The van der Waals surface area contributed by atoms with Crippen LogP contribution in [-0.4, -0.2) is 25.4 Å². The molecule has 3 rings (SSSR count). The van der Waals surface area contributed by atoms with E-state index in [1.54, 1.807) is 11.3 Å². The van der Waals surface area contributed by atoms with Gasteiger partial charge in [-0.1, -0.05) is 6.07 Å². The van der Waals surface area contributed by atoms with Crippen molar-refractivity contribution in [2.45, 2.75) is 6.54 Å². The van der Waals surface area contributed by atoms with E-state index in [-0.39, 0.29) is 0 Å². The summed E-state index contributed by atoms with van der Waals surface area (Å²) in [5.41, 5.74) is 0.993. The van der Waals surface area contributed by atoms with Crippen molar-refractivity contribution in [3.8, 4) is 11.5 Å². The van der Waals surface area contributed by atoms with Crippen LogP contribution in [0.15, 0.2) is 35.7 Å². The van der Waals surface area contributed by atoms with Crippen molar-refractivity contribution >= 4 is 34.4 Å². The first-order chi connectivity index (χ1) is 10.3. The molecule has 21 heavy (non-hydrogen) atoms. The van der Waals surface area contributed by atoms with Gasteiger partial charge in [-0.15, -0.1) is 11.3 Å². The summed E-state index contributed by atoms with van der Waals surface area (Å²) in [6.07, 6.45) is 0. The molecule has 1 aliphatic rings. The Morgan fingerprint density at radius 1 is 1.29 bits per heavy atom. The summed E-state index contributed by atoms with van der Waals surface area (Å²) in [5.74, 6) is 1.56. The molecule has 2 heterocycles. The number of fused-ring (bicyclic) bond motifs is 1.